The van der Waals surface area contributed by atoms with Gasteiger partial charge in [0, 0.05) is 30.0 Å². The van der Waals surface area contributed by atoms with Gasteiger partial charge in [0.2, 0.25) is 0 Å². The number of hydrogen-bond donors (Lipinski definition) is 2. The van der Waals surface area contributed by atoms with Crippen molar-refractivity contribution in [2.75, 3.05) is 25.3 Å². The van der Waals surface area contributed by atoms with Crippen molar-refractivity contribution in [3.8, 4) is 11.5 Å². The van der Waals surface area contributed by atoms with Gasteiger partial charge in [0.05, 0.1) is 30.6 Å². The van der Waals surface area contributed by atoms with Gasteiger partial charge < -0.3 is 20.5 Å². The smallest absolute Gasteiger partial charge is 0.144 e. The van der Waals surface area contributed by atoms with Crippen LogP contribution in [0, 0.1) is 5.82 Å². The molecule has 6 heteroatoms. The Labute approximate surface area is 121 Å². The molecule has 0 bridgehead atoms. The highest BCUT2D eigenvalue weighted by Gasteiger charge is 2.08. The Hall–Kier alpha value is -2.14. The third-order valence-electron chi connectivity index (χ3n) is 2.72. The molecule has 0 aliphatic carbocycles. The van der Waals surface area contributed by atoms with Crippen LogP contribution in [-0.4, -0.2) is 14.2 Å². The summed E-state index contributed by atoms with van der Waals surface area (Å²) < 4.78 is 23.8. The molecule has 4 nitrogen and oxygen atoms in total. The summed E-state index contributed by atoms with van der Waals surface area (Å²) in [4.78, 5) is 0. The molecule has 0 amide bonds. The zero-order valence-electron chi connectivity index (χ0n) is 11.0. The van der Waals surface area contributed by atoms with Crippen LogP contribution in [0.2, 0.25) is 5.02 Å². The van der Waals surface area contributed by atoms with Gasteiger partial charge in [-0.15, -0.1) is 0 Å². The number of anilines is 3. The molecule has 106 valence electrons. The van der Waals surface area contributed by atoms with Gasteiger partial charge in [0.15, 0.2) is 0 Å². The van der Waals surface area contributed by atoms with Gasteiger partial charge in [-0.2, -0.15) is 0 Å². The first-order valence-corrected chi connectivity index (χ1v) is 6.16. The molecule has 20 heavy (non-hydrogen) atoms. The third-order valence-corrected chi connectivity index (χ3v) is 3.01. The highest BCUT2D eigenvalue weighted by atomic mass is 35.5. The fourth-order valence-electron chi connectivity index (χ4n) is 1.71. The first kappa shape index (κ1) is 14.3. The van der Waals surface area contributed by atoms with Crippen LogP contribution in [0.25, 0.3) is 0 Å². The van der Waals surface area contributed by atoms with Gasteiger partial charge in [-0.3, -0.25) is 0 Å². The molecule has 0 unspecified atom stereocenters. The summed E-state index contributed by atoms with van der Waals surface area (Å²) in [5, 5.41) is 2.99. The van der Waals surface area contributed by atoms with E-state index in [4.69, 9.17) is 26.8 Å². The number of methoxy groups -OCH3 is 2. The molecule has 2 aromatic rings. The molecule has 0 spiro atoms. The van der Waals surface area contributed by atoms with Crippen molar-refractivity contribution < 1.29 is 13.9 Å². The van der Waals surface area contributed by atoms with Crippen LogP contribution < -0.4 is 20.5 Å². The zero-order valence-corrected chi connectivity index (χ0v) is 11.8. The van der Waals surface area contributed by atoms with E-state index in [1.165, 1.54) is 12.1 Å². The molecule has 0 saturated carbocycles. The van der Waals surface area contributed by atoms with Crippen LogP contribution in [0.4, 0.5) is 21.5 Å². The number of hydrogen-bond acceptors (Lipinski definition) is 4. The molecule has 0 aliphatic rings. The highest BCUT2D eigenvalue weighted by molar-refractivity contribution is 6.31. The highest BCUT2D eigenvalue weighted by Crippen LogP contribution is 2.32. The lowest BCUT2D eigenvalue weighted by Crippen LogP contribution is -1.98. The van der Waals surface area contributed by atoms with E-state index in [-0.39, 0.29) is 5.02 Å². The van der Waals surface area contributed by atoms with Gasteiger partial charge in [0.1, 0.15) is 17.3 Å². The summed E-state index contributed by atoms with van der Waals surface area (Å²) >= 11 is 5.66. The Kier molecular flexibility index (Phi) is 4.20. The molecular weight excluding hydrogens is 283 g/mol. The van der Waals surface area contributed by atoms with Crippen LogP contribution in [0.15, 0.2) is 30.3 Å². The van der Waals surface area contributed by atoms with Crippen molar-refractivity contribution in [1.29, 1.82) is 0 Å². The van der Waals surface area contributed by atoms with Gasteiger partial charge in [-0.05, 0) is 6.07 Å². The Morgan fingerprint density at radius 3 is 2.20 bits per heavy atom. The summed E-state index contributed by atoms with van der Waals surface area (Å²) in [6.45, 7) is 0. The third kappa shape index (κ3) is 3.05. The zero-order chi connectivity index (χ0) is 14.7. The molecule has 0 atom stereocenters. The quantitative estimate of drug-likeness (QED) is 0.842. The van der Waals surface area contributed by atoms with Crippen molar-refractivity contribution in [1.82, 2.24) is 0 Å². The summed E-state index contributed by atoms with van der Waals surface area (Å²) in [5.41, 5.74) is 7.23. The Morgan fingerprint density at radius 2 is 1.65 bits per heavy atom. The number of nitrogen functional groups attached to an aromatic ring is 1. The van der Waals surface area contributed by atoms with E-state index in [2.05, 4.69) is 5.32 Å². The molecule has 0 heterocycles. The number of halogens is 2. The van der Waals surface area contributed by atoms with Crippen LogP contribution in [0.5, 0.6) is 11.5 Å². The summed E-state index contributed by atoms with van der Waals surface area (Å²) in [5.74, 6) is 0.679. The fraction of sp³-hybridized carbons (Fsp3) is 0.143. The van der Waals surface area contributed by atoms with Gasteiger partial charge >= 0.3 is 0 Å². The normalized spacial score (nSPS) is 10.2. The van der Waals surface area contributed by atoms with E-state index in [9.17, 15) is 4.39 Å². The maximum atomic E-state index is 13.5. The van der Waals surface area contributed by atoms with E-state index >= 15 is 0 Å². The largest absolute Gasteiger partial charge is 0.497 e. The SMILES string of the molecule is COc1cc(Nc2cc(F)c(Cl)cc2N)cc(OC)c1. The monoisotopic (exact) mass is 296 g/mol. The minimum Gasteiger partial charge on any atom is -0.497 e. The summed E-state index contributed by atoms with van der Waals surface area (Å²) in [7, 11) is 3.10. The van der Waals surface area contributed by atoms with Gasteiger partial charge in [-0.1, -0.05) is 11.6 Å². The lowest BCUT2D eigenvalue weighted by Gasteiger charge is -2.13. The second kappa shape index (κ2) is 5.88. The number of rotatable bonds is 4. The average molecular weight is 297 g/mol. The standard InChI is InChI=1S/C14H14ClFN2O2/c1-19-9-3-8(4-10(5-9)20-2)18-14-7-12(16)11(15)6-13(14)17/h3-7,18H,17H2,1-2H3. The predicted octanol–water partition coefficient (Wildman–Crippen LogP) is 3.82. The van der Waals surface area contributed by atoms with Crippen LogP contribution in [0.1, 0.15) is 0 Å². The number of ether oxygens (including phenoxy) is 2. The van der Waals surface area contributed by atoms with E-state index in [0.717, 1.165) is 0 Å². The first-order valence-electron chi connectivity index (χ1n) is 5.78. The second-order valence-corrected chi connectivity index (χ2v) is 4.49. The molecule has 0 radical (unpaired) electrons. The van der Waals surface area contributed by atoms with E-state index < -0.39 is 5.82 Å². The minimum atomic E-state index is -0.543. The second-order valence-electron chi connectivity index (χ2n) is 4.08. The van der Waals surface area contributed by atoms with Crippen molar-refractivity contribution in [3.63, 3.8) is 0 Å². The minimum absolute atomic E-state index is 0.0173. The fourth-order valence-corrected chi connectivity index (χ4v) is 1.88. The lowest BCUT2D eigenvalue weighted by molar-refractivity contribution is 0.395. The molecule has 0 fully saturated rings. The molecule has 0 aliphatic heterocycles. The Bertz CT molecular complexity index is 613. The average Bonchev–Trinajstić information content (AvgIpc) is 2.44. The number of benzene rings is 2. The van der Waals surface area contributed by atoms with Crippen molar-refractivity contribution in [2.24, 2.45) is 0 Å². The number of nitrogens with one attached hydrogen (secondary N) is 1. The predicted molar refractivity (Wildman–Crippen MR) is 78.7 cm³/mol. The van der Waals surface area contributed by atoms with Gasteiger partial charge in [0.25, 0.3) is 0 Å². The van der Waals surface area contributed by atoms with Crippen molar-refractivity contribution in [2.45, 2.75) is 0 Å². The molecule has 3 N–H and O–H groups in total. The molecule has 2 rings (SSSR count). The van der Waals surface area contributed by atoms with Crippen LogP contribution in [0.3, 0.4) is 0 Å². The van der Waals surface area contributed by atoms with E-state index in [1.54, 1.807) is 32.4 Å². The maximum absolute atomic E-state index is 13.5. The molecular formula is C14H14ClFN2O2. The topological polar surface area (TPSA) is 56.5 Å². The summed E-state index contributed by atoms with van der Waals surface area (Å²) in [6, 6.07) is 7.82. The first-order chi connectivity index (χ1) is 9.53. The van der Waals surface area contributed by atoms with Crippen molar-refractivity contribution in [3.05, 3.63) is 41.2 Å². The van der Waals surface area contributed by atoms with Crippen molar-refractivity contribution >= 4 is 28.7 Å². The summed E-state index contributed by atoms with van der Waals surface area (Å²) in [6.07, 6.45) is 0. The molecule has 2 aromatic carbocycles. The van der Waals surface area contributed by atoms with E-state index in [1.807, 2.05) is 0 Å². The lowest BCUT2D eigenvalue weighted by atomic mass is 10.2. The molecule has 0 saturated heterocycles. The van der Waals surface area contributed by atoms with Gasteiger partial charge in [-0.25, -0.2) is 4.39 Å². The Morgan fingerprint density at radius 1 is 1.05 bits per heavy atom. The Balaban J connectivity index is 2.36. The maximum Gasteiger partial charge on any atom is 0.144 e. The number of nitrogens with two attached hydrogens (primary N) is 1. The van der Waals surface area contributed by atoms with E-state index in [0.29, 0.717) is 28.6 Å². The van der Waals surface area contributed by atoms with Crippen LogP contribution >= 0.6 is 11.6 Å². The van der Waals surface area contributed by atoms with Crippen LogP contribution in [-0.2, 0) is 0 Å². The molecule has 0 aromatic heterocycles.